The number of nitro groups is 2. The third kappa shape index (κ3) is 5.83. The van der Waals surface area contributed by atoms with E-state index in [-0.39, 0.29) is 17.1 Å². The number of hydrogen-bond acceptors (Lipinski definition) is 8. The van der Waals surface area contributed by atoms with Crippen molar-refractivity contribution in [1.82, 2.24) is 5.43 Å². The van der Waals surface area contributed by atoms with Crippen molar-refractivity contribution in [2.24, 2.45) is 5.10 Å². The number of nitrogens with one attached hydrogen (secondary N) is 1. The van der Waals surface area contributed by atoms with Crippen LogP contribution in [0, 0.1) is 20.2 Å². The van der Waals surface area contributed by atoms with Crippen molar-refractivity contribution in [1.29, 1.82) is 0 Å². The van der Waals surface area contributed by atoms with Gasteiger partial charge in [0.05, 0.1) is 21.2 Å². The van der Waals surface area contributed by atoms with Crippen molar-refractivity contribution in [2.45, 2.75) is 11.8 Å². The van der Waals surface area contributed by atoms with Crippen LogP contribution in [0.15, 0.2) is 88.9 Å². The van der Waals surface area contributed by atoms with Gasteiger partial charge in [-0.1, -0.05) is 42.5 Å². The topological polar surface area (TPSA) is 165 Å². The highest BCUT2D eigenvalue weighted by molar-refractivity contribution is 7.93. The van der Waals surface area contributed by atoms with Crippen LogP contribution >= 0.6 is 0 Å². The van der Waals surface area contributed by atoms with E-state index in [4.69, 9.17) is 0 Å². The number of rotatable bonds is 9. The van der Waals surface area contributed by atoms with E-state index in [9.17, 15) is 33.4 Å². The van der Waals surface area contributed by atoms with Gasteiger partial charge in [-0.15, -0.1) is 0 Å². The molecule has 0 fully saturated rings. The molecular weight excluding hydrogens is 478 g/mol. The number of carbonyl (C=O) groups excluding carboxylic acids is 1. The third-order valence-electron chi connectivity index (χ3n) is 4.78. The lowest BCUT2D eigenvalue weighted by Crippen LogP contribution is -2.40. The van der Waals surface area contributed by atoms with Crippen molar-refractivity contribution in [3.05, 3.63) is 105 Å². The molecule has 0 aliphatic carbocycles. The summed E-state index contributed by atoms with van der Waals surface area (Å²) < 4.78 is 27.5. The fraction of sp³-hybridized carbons (Fsp3) is 0.0909. The van der Waals surface area contributed by atoms with E-state index in [0.29, 0.717) is 5.56 Å². The average molecular weight is 497 g/mol. The van der Waals surface area contributed by atoms with Gasteiger partial charge in [-0.2, -0.15) is 5.10 Å². The van der Waals surface area contributed by atoms with Gasteiger partial charge in [-0.05, 0) is 25.1 Å². The van der Waals surface area contributed by atoms with Crippen molar-refractivity contribution in [3.8, 4) is 0 Å². The van der Waals surface area contributed by atoms with Crippen LogP contribution in [-0.4, -0.2) is 36.4 Å². The summed E-state index contributed by atoms with van der Waals surface area (Å²) in [6.45, 7) is 0.780. The molecule has 0 aliphatic heterocycles. The molecule has 0 radical (unpaired) electrons. The van der Waals surface area contributed by atoms with Crippen LogP contribution in [-0.2, 0) is 14.8 Å². The fourth-order valence-corrected chi connectivity index (χ4v) is 4.66. The lowest BCUT2D eigenvalue weighted by Gasteiger charge is -2.23. The molecule has 1 N–H and O–H groups in total. The molecule has 0 atom stereocenters. The number of sulfonamides is 1. The molecule has 3 aromatic carbocycles. The van der Waals surface area contributed by atoms with Crippen molar-refractivity contribution >= 4 is 38.7 Å². The SMILES string of the molecule is C/C(=N/NC(=O)CN(c1ccccc1)S(=O)(=O)c1ccccc1[N+](=O)[O-])c1cccc([N+](=O)[O-])c1. The maximum atomic E-state index is 13.4. The summed E-state index contributed by atoms with van der Waals surface area (Å²) in [5, 5.41) is 26.3. The average Bonchev–Trinajstić information content (AvgIpc) is 2.86. The van der Waals surface area contributed by atoms with Gasteiger partial charge in [0.25, 0.3) is 27.3 Å². The van der Waals surface area contributed by atoms with Crippen molar-refractivity contribution in [2.75, 3.05) is 10.8 Å². The molecule has 3 rings (SSSR count). The van der Waals surface area contributed by atoms with Gasteiger partial charge in [0.15, 0.2) is 4.90 Å². The Morgan fingerprint density at radius 2 is 1.60 bits per heavy atom. The van der Waals surface area contributed by atoms with E-state index in [1.54, 1.807) is 24.3 Å². The van der Waals surface area contributed by atoms with Crippen molar-refractivity contribution < 1.29 is 23.1 Å². The summed E-state index contributed by atoms with van der Waals surface area (Å²) in [6, 6.07) is 18.1. The zero-order valence-electron chi connectivity index (χ0n) is 18.3. The van der Waals surface area contributed by atoms with Crippen LogP contribution in [0.1, 0.15) is 12.5 Å². The molecule has 13 heteroatoms. The highest BCUT2D eigenvalue weighted by Gasteiger charge is 2.33. The predicted octanol–water partition coefficient (Wildman–Crippen LogP) is 3.24. The number of hydrogen-bond donors (Lipinski definition) is 1. The first kappa shape index (κ1) is 25.0. The van der Waals surface area contributed by atoms with E-state index in [0.717, 1.165) is 16.4 Å². The summed E-state index contributed by atoms with van der Waals surface area (Å²) in [5.41, 5.74) is 2.18. The largest absolute Gasteiger partial charge is 0.289 e. The Bertz CT molecular complexity index is 1410. The fourth-order valence-electron chi connectivity index (χ4n) is 3.08. The van der Waals surface area contributed by atoms with Gasteiger partial charge in [0, 0.05) is 23.8 Å². The minimum absolute atomic E-state index is 0.111. The lowest BCUT2D eigenvalue weighted by molar-refractivity contribution is -0.387. The second-order valence-electron chi connectivity index (χ2n) is 7.11. The Morgan fingerprint density at radius 3 is 2.26 bits per heavy atom. The molecule has 0 aromatic heterocycles. The molecule has 0 heterocycles. The third-order valence-corrected chi connectivity index (χ3v) is 6.61. The zero-order chi connectivity index (χ0) is 25.6. The number of amides is 1. The number of anilines is 1. The second kappa shape index (κ2) is 10.5. The summed E-state index contributed by atoms with van der Waals surface area (Å²) in [5.74, 6) is -0.833. The maximum absolute atomic E-state index is 13.4. The summed E-state index contributed by atoms with van der Waals surface area (Å²) >= 11 is 0. The van der Waals surface area contributed by atoms with Crippen LogP contribution in [0.25, 0.3) is 0 Å². The highest BCUT2D eigenvalue weighted by atomic mass is 32.2. The number of non-ortho nitro benzene ring substituents is 1. The van der Waals surface area contributed by atoms with Crippen LogP contribution in [0.3, 0.4) is 0 Å². The molecule has 1 amide bonds. The molecule has 12 nitrogen and oxygen atoms in total. The van der Waals surface area contributed by atoms with Gasteiger partial charge < -0.3 is 0 Å². The molecule has 3 aromatic rings. The molecule has 0 saturated heterocycles. The summed E-state index contributed by atoms with van der Waals surface area (Å²) in [4.78, 5) is 33.1. The number of nitro benzene ring substituents is 2. The molecule has 0 aliphatic rings. The van der Waals surface area contributed by atoms with E-state index in [1.807, 2.05) is 0 Å². The van der Waals surface area contributed by atoms with E-state index >= 15 is 0 Å². The predicted molar refractivity (Wildman–Crippen MR) is 128 cm³/mol. The Balaban J connectivity index is 1.91. The molecule has 35 heavy (non-hydrogen) atoms. The number of benzene rings is 3. The minimum atomic E-state index is -4.52. The Hall–Kier alpha value is -4.65. The molecule has 0 saturated carbocycles. The highest BCUT2D eigenvalue weighted by Crippen LogP contribution is 2.29. The summed E-state index contributed by atoms with van der Waals surface area (Å²) in [7, 11) is -4.52. The monoisotopic (exact) mass is 497 g/mol. The number of nitrogens with zero attached hydrogens (tertiary/aromatic N) is 4. The molecular formula is C22H19N5O7S. The van der Waals surface area contributed by atoms with E-state index in [2.05, 4.69) is 10.5 Å². The summed E-state index contributed by atoms with van der Waals surface area (Å²) in [6.07, 6.45) is 0. The number of carbonyl (C=O) groups is 1. The first-order valence-corrected chi connectivity index (χ1v) is 11.4. The van der Waals surface area contributed by atoms with Crippen molar-refractivity contribution in [3.63, 3.8) is 0 Å². The van der Waals surface area contributed by atoms with Gasteiger partial charge in [-0.25, -0.2) is 13.8 Å². The standard InChI is InChI=1S/C22H19N5O7S/c1-16(17-8-7-11-19(14-17)26(29)30)23-24-22(28)15-25(18-9-3-2-4-10-18)35(33,34)21-13-6-5-12-20(21)27(31)32/h2-14H,15H2,1H3,(H,24,28)/b23-16-. The van der Waals surface area contributed by atoms with Gasteiger partial charge >= 0.3 is 0 Å². The molecule has 0 unspecified atom stereocenters. The van der Waals surface area contributed by atoms with Gasteiger partial charge in [0.2, 0.25) is 0 Å². The second-order valence-corrected chi connectivity index (χ2v) is 8.94. The quantitative estimate of drug-likeness (QED) is 0.269. The van der Waals surface area contributed by atoms with Crippen LogP contribution in [0.5, 0.6) is 0 Å². The van der Waals surface area contributed by atoms with Gasteiger partial charge in [-0.3, -0.25) is 29.3 Å². The smallest absolute Gasteiger partial charge is 0.271 e. The van der Waals surface area contributed by atoms with E-state index in [1.165, 1.54) is 49.4 Å². The normalized spacial score (nSPS) is 11.5. The Kier molecular flexibility index (Phi) is 7.51. The maximum Gasteiger partial charge on any atom is 0.289 e. The first-order chi connectivity index (χ1) is 16.6. The number of hydrazone groups is 1. The number of para-hydroxylation sites is 2. The van der Waals surface area contributed by atoms with E-state index < -0.39 is 42.9 Å². The molecule has 0 spiro atoms. The van der Waals surface area contributed by atoms with Crippen LogP contribution in [0.2, 0.25) is 0 Å². The van der Waals surface area contributed by atoms with Gasteiger partial charge in [0.1, 0.15) is 6.54 Å². The molecule has 0 bridgehead atoms. The minimum Gasteiger partial charge on any atom is -0.271 e. The zero-order valence-corrected chi connectivity index (χ0v) is 19.1. The van der Waals surface area contributed by atoms with Crippen LogP contribution < -0.4 is 9.73 Å². The van der Waals surface area contributed by atoms with Crippen LogP contribution in [0.4, 0.5) is 17.1 Å². The first-order valence-electron chi connectivity index (χ1n) is 10.0. The Labute approximate surface area is 199 Å². The lowest BCUT2D eigenvalue weighted by atomic mass is 10.1. The Morgan fingerprint density at radius 1 is 0.943 bits per heavy atom. The molecule has 180 valence electrons.